The standard InChI is InChI=1S/C6H17N3.2C2H6/c1-6(4-8-2)9(3)5-7;2*1-2/h6,8H,4-5,7H2,1-3H3;2*1-2H3. The maximum absolute atomic E-state index is 5.40. The van der Waals surface area contributed by atoms with E-state index in [-0.39, 0.29) is 0 Å². The largest absolute Gasteiger partial charge is 0.318 e. The summed E-state index contributed by atoms with van der Waals surface area (Å²) in [4.78, 5) is 2.09. The summed E-state index contributed by atoms with van der Waals surface area (Å²) in [6.45, 7) is 11.8. The third-order valence-corrected chi connectivity index (χ3v) is 1.54. The number of rotatable bonds is 4. The summed E-state index contributed by atoms with van der Waals surface area (Å²) in [6.07, 6.45) is 0. The molecule has 0 aliphatic heterocycles. The molecular formula is C10H29N3. The van der Waals surface area contributed by atoms with Crippen molar-refractivity contribution < 1.29 is 0 Å². The molecule has 0 heterocycles. The molecule has 0 aromatic heterocycles. The molecular weight excluding hydrogens is 162 g/mol. The molecule has 0 amide bonds. The minimum Gasteiger partial charge on any atom is -0.318 e. The Hall–Kier alpha value is -0.120. The first-order valence-electron chi connectivity index (χ1n) is 5.27. The Morgan fingerprint density at radius 2 is 1.62 bits per heavy atom. The summed E-state index contributed by atoms with van der Waals surface area (Å²) < 4.78 is 0. The molecule has 1 unspecified atom stereocenters. The van der Waals surface area contributed by atoms with E-state index in [1.165, 1.54) is 0 Å². The molecule has 1 atom stereocenters. The maximum atomic E-state index is 5.40. The van der Waals surface area contributed by atoms with Gasteiger partial charge >= 0.3 is 0 Å². The lowest BCUT2D eigenvalue weighted by Gasteiger charge is -2.21. The number of nitrogens with two attached hydrogens (primary N) is 1. The van der Waals surface area contributed by atoms with Gasteiger partial charge in [-0.15, -0.1) is 0 Å². The second kappa shape index (κ2) is 17.8. The molecule has 0 bridgehead atoms. The van der Waals surface area contributed by atoms with Gasteiger partial charge in [-0.1, -0.05) is 27.7 Å². The van der Waals surface area contributed by atoms with Crippen LogP contribution in [-0.2, 0) is 0 Å². The van der Waals surface area contributed by atoms with Crippen LogP contribution in [-0.4, -0.2) is 38.3 Å². The zero-order valence-electron chi connectivity index (χ0n) is 10.5. The fourth-order valence-corrected chi connectivity index (χ4v) is 0.631. The molecule has 0 fully saturated rings. The molecule has 0 aliphatic rings. The van der Waals surface area contributed by atoms with Gasteiger partial charge in [-0.25, -0.2) is 0 Å². The molecule has 0 rings (SSSR count). The molecule has 3 N–H and O–H groups in total. The SMILES string of the molecule is CC.CC.CNCC(C)N(C)CN. The van der Waals surface area contributed by atoms with Gasteiger partial charge in [0, 0.05) is 19.3 Å². The molecule has 0 spiro atoms. The van der Waals surface area contributed by atoms with Gasteiger partial charge in [-0.2, -0.15) is 0 Å². The highest BCUT2D eigenvalue weighted by Crippen LogP contribution is 1.88. The van der Waals surface area contributed by atoms with Gasteiger partial charge < -0.3 is 11.1 Å². The Labute approximate surface area is 84.7 Å². The van der Waals surface area contributed by atoms with E-state index in [1.807, 2.05) is 41.8 Å². The average molecular weight is 191 g/mol. The predicted octanol–water partition coefficient (Wildman–Crippen LogP) is 1.49. The second-order valence-corrected chi connectivity index (χ2v) is 2.35. The Kier molecular flexibility index (Phi) is 25.5. The lowest BCUT2D eigenvalue weighted by Crippen LogP contribution is -2.39. The number of nitrogens with zero attached hydrogens (tertiary/aromatic N) is 1. The van der Waals surface area contributed by atoms with Crippen LogP contribution < -0.4 is 11.1 Å². The van der Waals surface area contributed by atoms with Crippen LogP contribution in [0.25, 0.3) is 0 Å². The number of hydrogen-bond donors (Lipinski definition) is 2. The van der Waals surface area contributed by atoms with E-state index in [0.717, 1.165) is 6.54 Å². The minimum absolute atomic E-state index is 0.528. The zero-order chi connectivity index (χ0) is 11.3. The number of hydrogen-bond acceptors (Lipinski definition) is 3. The second-order valence-electron chi connectivity index (χ2n) is 2.35. The summed E-state index contributed by atoms with van der Waals surface area (Å²) in [5.74, 6) is 0. The number of likely N-dealkylation sites (N-methyl/N-ethyl adjacent to an activating group) is 2. The molecule has 0 saturated heterocycles. The normalized spacial score (nSPS) is 10.8. The Balaban J connectivity index is -0.000000218. The summed E-state index contributed by atoms with van der Waals surface area (Å²) in [5.41, 5.74) is 5.40. The fourth-order valence-electron chi connectivity index (χ4n) is 0.631. The summed E-state index contributed by atoms with van der Waals surface area (Å²) >= 11 is 0. The summed E-state index contributed by atoms with van der Waals surface area (Å²) in [6, 6.07) is 0.528. The van der Waals surface area contributed by atoms with Gasteiger partial charge in [0.1, 0.15) is 0 Å². The van der Waals surface area contributed by atoms with Crippen molar-refractivity contribution in [1.29, 1.82) is 0 Å². The average Bonchev–Trinajstić information content (AvgIpc) is 2.23. The third-order valence-electron chi connectivity index (χ3n) is 1.54. The fraction of sp³-hybridized carbons (Fsp3) is 1.00. The van der Waals surface area contributed by atoms with Crippen LogP contribution in [0, 0.1) is 0 Å². The first-order valence-corrected chi connectivity index (χ1v) is 5.27. The van der Waals surface area contributed by atoms with Crippen molar-refractivity contribution in [3.8, 4) is 0 Å². The molecule has 13 heavy (non-hydrogen) atoms. The summed E-state index contributed by atoms with van der Waals surface area (Å²) in [7, 11) is 3.96. The molecule has 84 valence electrons. The van der Waals surface area contributed by atoms with Gasteiger partial charge in [0.05, 0.1) is 0 Å². The van der Waals surface area contributed by atoms with Crippen LogP contribution >= 0.6 is 0 Å². The molecule has 0 aromatic rings. The van der Waals surface area contributed by atoms with Crippen molar-refractivity contribution in [2.75, 3.05) is 27.3 Å². The number of nitrogens with one attached hydrogen (secondary N) is 1. The maximum Gasteiger partial charge on any atom is 0.0455 e. The van der Waals surface area contributed by atoms with Crippen LogP contribution in [0.15, 0.2) is 0 Å². The van der Waals surface area contributed by atoms with Crippen molar-refractivity contribution in [1.82, 2.24) is 10.2 Å². The van der Waals surface area contributed by atoms with Crippen molar-refractivity contribution in [2.45, 2.75) is 40.7 Å². The van der Waals surface area contributed by atoms with Crippen LogP contribution in [0.2, 0.25) is 0 Å². The Morgan fingerprint density at radius 1 is 1.23 bits per heavy atom. The lowest BCUT2D eigenvalue weighted by atomic mass is 10.3. The summed E-state index contributed by atoms with van der Waals surface area (Å²) in [5, 5.41) is 3.09. The van der Waals surface area contributed by atoms with Gasteiger partial charge in [0.25, 0.3) is 0 Å². The Bertz CT molecular complexity index is 67.2. The zero-order valence-corrected chi connectivity index (χ0v) is 10.5. The van der Waals surface area contributed by atoms with Crippen molar-refractivity contribution in [3.05, 3.63) is 0 Å². The van der Waals surface area contributed by atoms with E-state index in [4.69, 9.17) is 5.73 Å². The first-order chi connectivity index (χ1) is 6.22. The molecule has 0 aliphatic carbocycles. The van der Waals surface area contributed by atoms with E-state index in [1.54, 1.807) is 0 Å². The van der Waals surface area contributed by atoms with Crippen LogP contribution in [0.1, 0.15) is 34.6 Å². The Morgan fingerprint density at radius 3 is 1.85 bits per heavy atom. The quantitative estimate of drug-likeness (QED) is 0.662. The highest BCUT2D eigenvalue weighted by atomic mass is 15.2. The van der Waals surface area contributed by atoms with E-state index >= 15 is 0 Å². The van der Waals surface area contributed by atoms with Crippen LogP contribution in [0.3, 0.4) is 0 Å². The van der Waals surface area contributed by atoms with Crippen molar-refractivity contribution in [3.63, 3.8) is 0 Å². The minimum atomic E-state index is 0.528. The molecule has 3 heteroatoms. The van der Waals surface area contributed by atoms with E-state index in [0.29, 0.717) is 12.7 Å². The smallest absolute Gasteiger partial charge is 0.0455 e. The van der Waals surface area contributed by atoms with Gasteiger partial charge in [0.15, 0.2) is 0 Å². The molecule has 0 radical (unpaired) electrons. The first kappa shape index (κ1) is 18.6. The topological polar surface area (TPSA) is 41.3 Å². The van der Waals surface area contributed by atoms with E-state index < -0.39 is 0 Å². The predicted molar refractivity (Wildman–Crippen MR) is 62.9 cm³/mol. The third kappa shape index (κ3) is 14.7. The van der Waals surface area contributed by atoms with E-state index in [9.17, 15) is 0 Å². The highest BCUT2D eigenvalue weighted by molar-refractivity contribution is 4.61. The molecule has 3 nitrogen and oxygen atoms in total. The highest BCUT2D eigenvalue weighted by Gasteiger charge is 2.03. The van der Waals surface area contributed by atoms with Gasteiger partial charge in [-0.05, 0) is 21.0 Å². The van der Waals surface area contributed by atoms with Crippen LogP contribution in [0.4, 0.5) is 0 Å². The lowest BCUT2D eigenvalue weighted by molar-refractivity contribution is 0.261. The molecule has 0 saturated carbocycles. The monoisotopic (exact) mass is 191 g/mol. The van der Waals surface area contributed by atoms with E-state index in [2.05, 4.69) is 17.1 Å². The van der Waals surface area contributed by atoms with Gasteiger partial charge in [-0.3, -0.25) is 4.90 Å². The van der Waals surface area contributed by atoms with Gasteiger partial charge in [0.2, 0.25) is 0 Å². The molecule has 0 aromatic carbocycles. The van der Waals surface area contributed by atoms with Crippen molar-refractivity contribution in [2.24, 2.45) is 5.73 Å². The van der Waals surface area contributed by atoms with Crippen LogP contribution in [0.5, 0.6) is 0 Å². The van der Waals surface area contributed by atoms with Crippen molar-refractivity contribution >= 4 is 0 Å².